The minimum absolute atomic E-state index is 0.159. The molecule has 29 heavy (non-hydrogen) atoms. The van der Waals surface area contributed by atoms with Gasteiger partial charge in [-0.2, -0.15) is 0 Å². The molecule has 2 aromatic rings. The number of ether oxygens (including phenoxy) is 2. The first kappa shape index (κ1) is 20.2. The summed E-state index contributed by atoms with van der Waals surface area (Å²) in [4.78, 5) is 0. The maximum absolute atomic E-state index is 10.5. The Morgan fingerprint density at radius 2 is 2.10 bits per heavy atom. The maximum Gasteiger partial charge on any atom is 0.142 e. The van der Waals surface area contributed by atoms with Crippen LogP contribution >= 0.6 is 11.6 Å². The van der Waals surface area contributed by atoms with Gasteiger partial charge in [-0.1, -0.05) is 35.9 Å². The van der Waals surface area contributed by atoms with Crippen molar-refractivity contribution in [2.45, 2.75) is 31.2 Å². The highest BCUT2D eigenvalue weighted by Gasteiger charge is 2.36. The van der Waals surface area contributed by atoms with E-state index >= 15 is 0 Å². The van der Waals surface area contributed by atoms with Crippen molar-refractivity contribution in [1.29, 1.82) is 0 Å². The fourth-order valence-electron chi connectivity index (χ4n) is 4.11. The van der Waals surface area contributed by atoms with Crippen LogP contribution in [0.25, 0.3) is 0 Å². The minimum Gasteiger partial charge on any atom is -0.490 e. The van der Waals surface area contributed by atoms with Crippen LogP contribution in [0.2, 0.25) is 5.02 Å². The second kappa shape index (κ2) is 8.76. The zero-order valence-electron chi connectivity index (χ0n) is 16.2. The zero-order valence-corrected chi connectivity index (χ0v) is 16.9. The normalized spacial score (nSPS) is 26.2. The van der Waals surface area contributed by atoms with Crippen LogP contribution in [0.15, 0.2) is 49.1 Å². The summed E-state index contributed by atoms with van der Waals surface area (Å²) >= 11 is 6.47. The Balaban J connectivity index is 1.56. The quantitative estimate of drug-likeness (QED) is 0.649. The lowest BCUT2D eigenvalue weighted by Gasteiger charge is -2.38. The SMILES string of the molecule is C=CC1C(O)CC(c2ccc(Cl)c(Cc3ccc4c(c3)OCCN4)c2)OC1CO. The number of benzene rings is 2. The molecule has 0 bridgehead atoms. The summed E-state index contributed by atoms with van der Waals surface area (Å²) in [6, 6.07) is 12.0. The van der Waals surface area contributed by atoms with Crippen molar-refractivity contribution in [1.82, 2.24) is 0 Å². The van der Waals surface area contributed by atoms with Crippen LogP contribution in [-0.2, 0) is 11.2 Å². The molecule has 1 fully saturated rings. The summed E-state index contributed by atoms with van der Waals surface area (Å²) < 4.78 is 11.8. The topological polar surface area (TPSA) is 71.0 Å². The first-order chi connectivity index (χ1) is 14.1. The van der Waals surface area contributed by atoms with Crippen LogP contribution in [0.5, 0.6) is 5.75 Å². The number of hydrogen-bond acceptors (Lipinski definition) is 5. The van der Waals surface area contributed by atoms with Gasteiger partial charge in [0.25, 0.3) is 0 Å². The molecule has 2 heterocycles. The van der Waals surface area contributed by atoms with Gasteiger partial charge in [-0.15, -0.1) is 6.58 Å². The van der Waals surface area contributed by atoms with E-state index in [-0.39, 0.29) is 18.6 Å². The molecule has 2 aliphatic heterocycles. The average molecular weight is 416 g/mol. The number of hydrogen-bond donors (Lipinski definition) is 3. The molecule has 5 nitrogen and oxygen atoms in total. The number of fused-ring (bicyclic) bond motifs is 1. The van der Waals surface area contributed by atoms with E-state index in [1.807, 2.05) is 30.3 Å². The number of aliphatic hydroxyl groups is 2. The highest BCUT2D eigenvalue weighted by Crippen LogP contribution is 2.37. The van der Waals surface area contributed by atoms with Gasteiger partial charge in [0.15, 0.2) is 0 Å². The fraction of sp³-hybridized carbons (Fsp3) is 0.391. The van der Waals surface area contributed by atoms with Gasteiger partial charge in [-0.25, -0.2) is 0 Å². The summed E-state index contributed by atoms with van der Waals surface area (Å²) in [6.07, 6.45) is 1.40. The highest BCUT2D eigenvalue weighted by molar-refractivity contribution is 6.31. The van der Waals surface area contributed by atoms with Crippen LogP contribution in [-0.4, -0.2) is 42.2 Å². The summed E-state index contributed by atoms with van der Waals surface area (Å²) in [5, 5.41) is 24.1. The Bertz CT molecular complexity index is 887. The van der Waals surface area contributed by atoms with Crippen LogP contribution in [0.4, 0.5) is 5.69 Å². The lowest BCUT2D eigenvalue weighted by molar-refractivity contribution is -0.138. The van der Waals surface area contributed by atoms with Crippen molar-refractivity contribution >= 4 is 17.3 Å². The molecule has 1 saturated heterocycles. The molecule has 4 atom stereocenters. The summed E-state index contributed by atoms with van der Waals surface area (Å²) in [7, 11) is 0. The first-order valence-corrected chi connectivity index (χ1v) is 10.3. The van der Waals surface area contributed by atoms with Crippen molar-refractivity contribution < 1.29 is 19.7 Å². The molecule has 154 valence electrons. The summed E-state index contributed by atoms with van der Waals surface area (Å²) in [5.74, 6) is 0.591. The van der Waals surface area contributed by atoms with Gasteiger partial charge in [0.1, 0.15) is 12.4 Å². The molecular formula is C23H26ClNO4. The number of rotatable bonds is 5. The van der Waals surface area contributed by atoms with E-state index in [2.05, 4.69) is 18.0 Å². The first-order valence-electron chi connectivity index (χ1n) is 9.94. The lowest BCUT2D eigenvalue weighted by Crippen LogP contribution is -2.42. The third-order valence-corrected chi connectivity index (χ3v) is 6.05. The minimum atomic E-state index is -0.604. The largest absolute Gasteiger partial charge is 0.490 e. The second-order valence-electron chi connectivity index (χ2n) is 7.60. The van der Waals surface area contributed by atoms with E-state index in [9.17, 15) is 10.2 Å². The molecule has 0 spiro atoms. The van der Waals surface area contributed by atoms with E-state index in [0.29, 0.717) is 24.5 Å². The molecule has 0 aliphatic carbocycles. The smallest absolute Gasteiger partial charge is 0.142 e. The molecule has 2 aromatic carbocycles. The van der Waals surface area contributed by atoms with E-state index in [1.54, 1.807) is 6.08 Å². The molecule has 0 aromatic heterocycles. The third-order valence-electron chi connectivity index (χ3n) is 5.68. The van der Waals surface area contributed by atoms with Crippen molar-refractivity contribution in [3.8, 4) is 5.75 Å². The number of nitrogens with one attached hydrogen (secondary N) is 1. The number of halogens is 1. The standard InChI is InChI=1S/C23H26ClNO4/c1-2-17-20(27)12-21(29-23(17)13-26)15-4-5-18(24)16(11-15)9-14-3-6-19-22(10-14)28-8-7-25-19/h2-6,10-11,17,20-21,23,25-27H,1,7-9,12-13H2. The Morgan fingerprint density at radius 3 is 2.90 bits per heavy atom. The summed E-state index contributed by atoms with van der Waals surface area (Å²) in [6.45, 7) is 5.06. The molecule has 0 radical (unpaired) electrons. The van der Waals surface area contributed by atoms with Gasteiger partial charge in [0.2, 0.25) is 0 Å². The predicted molar refractivity (Wildman–Crippen MR) is 114 cm³/mol. The van der Waals surface area contributed by atoms with E-state index in [4.69, 9.17) is 21.1 Å². The van der Waals surface area contributed by atoms with Crippen molar-refractivity contribution in [3.05, 3.63) is 70.8 Å². The monoisotopic (exact) mass is 415 g/mol. The van der Waals surface area contributed by atoms with Gasteiger partial charge in [-0.3, -0.25) is 0 Å². The second-order valence-corrected chi connectivity index (χ2v) is 8.00. The van der Waals surface area contributed by atoms with Crippen LogP contribution in [0.3, 0.4) is 0 Å². The van der Waals surface area contributed by atoms with Crippen LogP contribution in [0.1, 0.15) is 29.2 Å². The van der Waals surface area contributed by atoms with E-state index < -0.39 is 12.2 Å². The highest BCUT2D eigenvalue weighted by atomic mass is 35.5. The predicted octanol–water partition coefficient (Wildman–Crippen LogP) is 3.72. The van der Waals surface area contributed by atoms with Gasteiger partial charge < -0.3 is 25.0 Å². The number of aliphatic hydroxyl groups excluding tert-OH is 2. The molecule has 0 saturated carbocycles. The molecule has 2 aliphatic rings. The Kier molecular flexibility index (Phi) is 6.11. The molecular weight excluding hydrogens is 390 g/mol. The van der Waals surface area contributed by atoms with Gasteiger partial charge >= 0.3 is 0 Å². The Morgan fingerprint density at radius 1 is 1.24 bits per heavy atom. The van der Waals surface area contributed by atoms with Gasteiger partial charge in [0.05, 0.1) is 30.6 Å². The Labute approximate surface area is 175 Å². The van der Waals surface area contributed by atoms with Gasteiger partial charge in [0, 0.05) is 23.9 Å². The number of anilines is 1. The van der Waals surface area contributed by atoms with Crippen LogP contribution in [0, 0.1) is 5.92 Å². The average Bonchev–Trinajstić information content (AvgIpc) is 2.74. The summed E-state index contributed by atoms with van der Waals surface area (Å²) in [5.41, 5.74) is 4.05. The fourth-order valence-corrected chi connectivity index (χ4v) is 4.29. The Hall–Kier alpha value is -2.05. The third kappa shape index (κ3) is 4.28. The molecule has 0 amide bonds. The van der Waals surface area contributed by atoms with E-state index in [1.165, 1.54) is 0 Å². The zero-order chi connectivity index (χ0) is 20.4. The molecule has 3 N–H and O–H groups in total. The van der Waals surface area contributed by atoms with Crippen LogP contribution < -0.4 is 10.1 Å². The van der Waals surface area contributed by atoms with Gasteiger partial charge in [-0.05, 0) is 41.3 Å². The van der Waals surface area contributed by atoms with Crippen molar-refractivity contribution in [2.24, 2.45) is 5.92 Å². The van der Waals surface area contributed by atoms with E-state index in [0.717, 1.165) is 34.7 Å². The lowest BCUT2D eigenvalue weighted by atomic mass is 9.86. The van der Waals surface area contributed by atoms with Crippen molar-refractivity contribution in [3.63, 3.8) is 0 Å². The maximum atomic E-state index is 10.5. The molecule has 4 unspecified atom stereocenters. The van der Waals surface area contributed by atoms with Crippen molar-refractivity contribution in [2.75, 3.05) is 25.1 Å². The molecule has 4 rings (SSSR count). The molecule has 6 heteroatoms.